The van der Waals surface area contributed by atoms with Gasteiger partial charge in [0, 0.05) is 19.6 Å². The maximum atomic E-state index is 9.14. The zero-order chi connectivity index (χ0) is 14.9. The van der Waals surface area contributed by atoms with Crippen LogP contribution in [-0.2, 0) is 0 Å². The lowest BCUT2D eigenvalue weighted by molar-refractivity contribution is 0.211. The Bertz CT molecular complexity index is 270. The van der Waals surface area contributed by atoms with Gasteiger partial charge in [-0.2, -0.15) is 5.26 Å². The van der Waals surface area contributed by atoms with Crippen LogP contribution < -0.4 is 5.32 Å². The van der Waals surface area contributed by atoms with Crippen LogP contribution in [0.25, 0.3) is 0 Å². The minimum absolute atomic E-state index is 0.384. The van der Waals surface area contributed by atoms with Gasteiger partial charge in [0.2, 0.25) is 0 Å². The number of hydrogen-bond donors (Lipinski definition) is 1. The Labute approximate surface area is 119 Å². The quantitative estimate of drug-likeness (QED) is 0.656. The van der Waals surface area contributed by atoms with E-state index < -0.39 is 0 Å². The first kappa shape index (κ1) is 18.4. The van der Waals surface area contributed by atoms with Gasteiger partial charge in [0.05, 0.1) is 6.07 Å². The zero-order valence-corrected chi connectivity index (χ0v) is 13.7. The van der Waals surface area contributed by atoms with Crippen LogP contribution in [0, 0.1) is 17.2 Å². The molecule has 0 radical (unpaired) electrons. The molecule has 0 amide bonds. The Kier molecular flexibility index (Phi) is 8.99. The van der Waals surface area contributed by atoms with Gasteiger partial charge in [-0.05, 0) is 53.4 Å². The van der Waals surface area contributed by atoms with E-state index in [2.05, 4.69) is 49.1 Å². The van der Waals surface area contributed by atoms with Crippen LogP contribution in [0.3, 0.4) is 0 Å². The number of nitrogens with zero attached hydrogens (tertiary/aromatic N) is 3. The summed E-state index contributed by atoms with van der Waals surface area (Å²) >= 11 is 0. The topological polar surface area (TPSA) is 42.3 Å². The third-order valence-electron chi connectivity index (χ3n) is 3.44. The van der Waals surface area contributed by atoms with Crippen molar-refractivity contribution >= 4 is 0 Å². The summed E-state index contributed by atoms with van der Waals surface area (Å²) in [6.45, 7) is 10.9. The highest BCUT2D eigenvalue weighted by atomic mass is 15.2. The number of hydrogen-bond acceptors (Lipinski definition) is 4. The van der Waals surface area contributed by atoms with E-state index in [-0.39, 0.29) is 5.54 Å². The highest BCUT2D eigenvalue weighted by Gasteiger charge is 2.20. The molecule has 0 aromatic heterocycles. The van der Waals surface area contributed by atoms with Crippen LogP contribution in [0.5, 0.6) is 0 Å². The van der Waals surface area contributed by atoms with Gasteiger partial charge in [-0.25, -0.2) is 0 Å². The van der Waals surface area contributed by atoms with Crippen LogP contribution in [0.15, 0.2) is 0 Å². The fraction of sp³-hybridized carbons (Fsp3) is 0.933. The van der Waals surface area contributed by atoms with E-state index in [1.54, 1.807) is 0 Å². The minimum atomic E-state index is -0.384. The molecule has 0 saturated heterocycles. The molecule has 0 fully saturated rings. The lowest BCUT2D eigenvalue weighted by atomic mass is 9.98. The molecule has 0 heterocycles. The number of nitrogens with one attached hydrogen (secondary N) is 1. The Hall–Kier alpha value is -0.630. The molecule has 19 heavy (non-hydrogen) atoms. The van der Waals surface area contributed by atoms with Crippen molar-refractivity contribution in [1.29, 1.82) is 5.26 Å². The molecule has 0 aromatic rings. The van der Waals surface area contributed by atoms with Crippen molar-refractivity contribution < 1.29 is 0 Å². The highest BCUT2D eigenvalue weighted by molar-refractivity contribution is 5.02. The second-order valence-corrected chi connectivity index (χ2v) is 6.30. The predicted molar refractivity (Wildman–Crippen MR) is 82.1 cm³/mol. The smallest absolute Gasteiger partial charge is 0.103 e. The Morgan fingerprint density at radius 2 is 1.84 bits per heavy atom. The molecule has 1 atom stereocenters. The standard InChI is InChI=1S/C15H32N4/c1-14(2)12-19(11-10-18(5)6)9-7-8-15(3,13-16)17-4/h14,17H,7-12H2,1-6H3. The number of nitriles is 1. The van der Waals surface area contributed by atoms with Gasteiger partial charge in [0.1, 0.15) is 5.54 Å². The van der Waals surface area contributed by atoms with E-state index in [4.69, 9.17) is 5.26 Å². The zero-order valence-electron chi connectivity index (χ0n) is 13.7. The molecule has 0 aliphatic rings. The molecule has 0 bridgehead atoms. The number of rotatable bonds is 10. The van der Waals surface area contributed by atoms with Crippen molar-refractivity contribution in [3.8, 4) is 6.07 Å². The summed E-state index contributed by atoms with van der Waals surface area (Å²) in [7, 11) is 6.09. The van der Waals surface area contributed by atoms with Crippen LogP contribution in [0.4, 0.5) is 0 Å². The van der Waals surface area contributed by atoms with E-state index in [0.717, 1.165) is 39.0 Å². The molecule has 4 nitrogen and oxygen atoms in total. The second-order valence-electron chi connectivity index (χ2n) is 6.30. The summed E-state index contributed by atoms with van der Waals surface area (Å²) in [6, 6.07) is 2.35. The van der Waals surface area contributed by atoms with E-state index in [1.165, 1.54) is 0 Å². The highest BCUT2D eigenvalue weighted by Crippen LogP contribution is 2.11. The van der Waals surface area contributed by atoms with Crippen molar-refractivity contribution in [2.24, 2.45) is 5.92 Å². The van der Waals surface area contributed by atoms with Gasteiger partial charge < -0.3 is 15.1 Å². The predicted octanol–water partition coefficient (Wildman–Crippen LogP) is 1.79. The summed E-state index contributed by atoms with van der Waals surface area (Å²) in [5.74, 6) is 0.689. The summed E-state index contributed by atoms with van der Waals surface area (Å²) in [6.07, 6.45) is 1.96. The molecule has 0 rings (SSSR count). The van der Waals surface area contributed by atoms with Crippen molar-refractivity contribution in [3.63, 3.8) is 0 Å². The second kappa shape index (κ2) is 9.30. The van der Waals surface area contributed by atoms with Gasteiger partial charge in [0.25, 0.3) is 0 Å². The average molecular weight is 268 g/mol. The summed E-state index contributed by atoms with van der Waals surface area (Å²) in [5, 5.41) is 12.2. The van der Waals surface area contributed by atoms with E-state index >= 15 is 0 Å². The van der Waals surface area contributed by atoms with Gasteiger partial charge in [0.15, 0.2) is 0 Å². The Morgan fingerprint density at radius 1 is 1.21 bits per heavy atom. The molecule has 0 aliphatic heterocycles. The number of likely N-dealkylation sites (N-methyl/N-ethyl adjacent to an activating group) is 1. The third kappa shape index (κ3) is 8.99. The van der Waals surface area contributed by atoms with Gasteiger partial charge >= 0.3 is 0 Å². The van der Waals surface area contributed by atoms with Crippen molar-refractivity contribution in [2.75, 3.05) is 47.3 Å². The van der Waals surface area contributed by atoms with E-state index in [9.17, 15) is 0 Å². The lowest BCUT2D eigenvalue weighted by Gasteiger charge is -2.27. The van der Waals surface area contributed by atoms with Crippen LogP contribution in [0.1, 0.15) is 33.6 Å². The molecular formula is C15H32N4. The first-order valence-corrected chi connectivity index (χ1v) is 7.30. The normalized spacial score (nSPS) is 14.9. The fourth-order valence-electron chi connectivity index (χ4n) is 2.05. The molecule has 1 unspecified atom stereocenters. The first-order valence-electron chi connectivity index (χ1n) is 7.30. The molecule has 1 N–H and O–H groups in total. The molecule has 4 heteroatoms. The molecule has 0 saturated carbocycles. The molecule has 0 spiro atoms. The fourth-order valence-corrected chi connectivity index (χ4v) is 2.05. The average Bonchev–Trinajstić information content (AvgIpc) is 2.34. The molecule has 0 aliphatic carbocycles. The van der Waals surface area contributed by atoms with Crippen molar-refractivity contribution in [3.05, 3.63) is 0 Å². The Balaban J connectivity index is 4.15. The summed E-state index contributed by atoms with van der Waals surface area (Å²) in [4.78, 5) is 4.73. The SMILES string of the molecule is CNC(C)(C#N)CCCN(CCN(C)C)CC(C)C. The van der Waals surface area contributed by atoms with Gasteiger partial charge in [-0.3, -0.25) is 0 Å². The van der Waals surface area contributed by atoms with Crippen LogP contribution in [-0.4, -0.2) is 62.7 Å². The third-order valence-corrected chi connectivity index (χ3v) is 3.44. The summed E-state index contributed by atoms with van der Waals surface area (Å²) in [5.41, 5.74) is -0.384. The van der Waals surface area contributed by atoms with Crippen LogP contribution >= 0.6 is 0 Å². The molecule has 112 valence electrons. The maximum Gasteiger partial charge on any atom is 0.103 e. The monoisotopic (exact) mass is 268 g/mol. The maximum absolute atomic E-state index is 9.14. The lowest BCUT2D eigenvalue weighted by Crippen LogP contribution is -2.40. The van der Waals surface area contributed by atoms with Gasteiger partial charge in [-0.15, -0.1) is 0 Å². The van der Waals surface area contributed by atoms with Crippen LogP contribution in [0.2, 0.25) is 0 Å². The summed E-state index contributed by atoms with van der Waals surface area (Å²) < 4.78 is 0. The largest absolute Gasteiger partial charge is 0.308 e. The van der Waals surface area contributed by atoms with Gasteiger partial charge in [-0.1, -0.05) is 13.8 Å². The minimum Gasteiger partial charge on any atom is -0.308 e. The molecular weight excluding hydrogens is 236 g/mol. The van der Waals surface area contributed by atoms with E-state index in [0.29, 0.717) is 5.92 Å². The molecule has 0 aromatic carbocycles. The first-order chi connectivity index (χ1) is 8.83. The van der Waals surface area contributed by atoms with Crippen molar-refractivity contribution in [1.82, 2.24) is 15.1 Å². The van der Waals surface area contributed by atoms with Crippen molar-refractivity contribution in [2.45, 2.75) is 39.2 Å². The van der Waals surface area contributed by atoms with E-state index in [1.807, 2.05) is 14.0 Å². The Morgan fingerprint density at radius 3 is 2.26 bits per heavy atom.